The van der Waals surface area contributed by atoms with Crippen LogP contribution in [0.1, 0.15) is 11.1 Å². The number of halogens is 3. The number of aryl methyl sites for hydroxylation is 1. The van der Waals surface area contributed by atoms with E-state index in [9.17, 15) is 4.79 Å². The van der Waals surface area contributed by atoms with Crippen LogP contribution in [0.4, 0.5) is 0 Å². The number of carbonyl (C=O) groups excluding carboxylic acids is 1. The molecule has 0 aliphatic rings. The molecule has 0 atom stereocenters. The average molecular weight is 359 g/mol. The van der Waals surface area contributed by atoms with Gasteiger partial charge in [0.05, 0.1) is 5.02 Å². The van der Waals surface area contributed by atoms with Crippen LogP contribution in [-0.2, 0) is 11.3 Å². The minimum Gasteiger partial charge on any atom is -0.482 e. The van der Waals surface area contributed by atoms with Crippen LogP contribution in [0.3, 0.4) is 0 Å². The summed E-state index contributed by atoms with van der Waals surface area (Å²) in [4.78, 5) is 11.8. The molecule has 0 bridgehead atoms. The number of hydrogen-bond donors (Lipinski definition) is 1. The Morgan fingerprint density at radius 1 is 1.09 bits per heavy atom. The van der Waals surface area contributed by atoms with Crippen LogP contribution in [0.5, 0.6) is 5.75 Å². The summed E-state index contributed by atoms with van der Waals surface area (Å²) >= 11 is 17.8. The van der Waals surface area contributed by atoms with Crippen molar-refractivity contribution in [2.45, 2.75) is 13.5 Å². The molecule has 0 heterocycles. The van der Waals surface area contributed by atoms with E-state index < -0.39 is 0 Å². The van der Waals surface area contributed by atoms with Gasteiger partial charge in [0, 0.05) is 16.6 Å². The standard InChI is InChI=1S/C16H14Cl3NO2/c1-10-6-15(14(19)7-13(10)18)22-9-16(21)20-8-11-2-4-12(17)5-3-11/h2-7H,8-9H2,1H3,(H,20,21). The zero-order valence-electron chi connectivity index (χ0n) is 11.8. The largest absolute Gasteiger partial charge is 0.482 e. The van der Waals surface area contributed by atoms with Crippen LogP contribution in [-0.4, -0.2) is 12.5 Å². The number of nitrogens with one attached hydrogen (secondary N) is 1. The molecule has 0 saturated carbocycles. The van der Waals surface area contributed by atoms with E-state index in [-0.39, 0.29) is 12.5 Å². The highest BCUT2D eigenvalue weighted by Gasteiger charge is 2.08. The number of benzene rings is 2. The zero-order chi connectivity index (χ0) is 16.1. The molecule has 0 aromatic heterocycles. The number of ether oxygens (including phenoxy) is 1. The Hall–Kier alpha value is -1.42. The first-order valence-corrected chi connectivity index (χ1v) is 7.68. The SMILES string of the molecule is Cc1cc(OCC(=O)NCc2ccc(Cl)cc2)c(Cl)cc1Cl. The first-order valence-electron chi connectivity index (χ1n) is 6.55. The van der Waals surface area contributed by atoms with E-state index in [1.54, 1.807) is 24.3 Å². The monoisotopic (exact) mass is 357 g/mol. The molecule has 3 nitrogen and oxygen atoms in total. The van der Waals surface area contributed by atoms with Gasteiger partial charge in [-0.15, -0.1) is 0 Å². The summed E-state index contributed by atoms with van der Waals surface area (Å²) in [6.07, 6.45) is 0. The first kappa shape index (κ1) is 16.9. The van der Waals surface area contributed by atoms with Crippen LogP contribution >= 0.6 is 34.8 Å². The summed E-state index contributed by atoms with van der Waals surface area (Å²) in [7, 11) is 0. The van der Waals surface area contributed by atoms with Crippen molar-refractivity contribution in [2.75, 3.05) is 6.61 Å². The lowest BCUT2D eigenvalue weighted by atomic mass is 10.2. The molecule has 0 fully saturated rings. The molecule has 0 radical (unpaired) electrons. The minimum atomic E-state index is -0.237. The van der Waals surface area contributed by atoms with E-state index in [0.29, 0.717) is 27.4 Å². The third-order valence-corrected chi connectivity index (χ3v) is 3.93. The molecule has 2 aromatic carbocycles. The molecule has 2 rings (SSSR count). The fraction of sp³-hybridized carbons (Fsp3) is 0.188. The lowest BCUT2D eigenvalue weighted by molar-refractivity contribution is -0.123. The van der Waals surface area contributed by atoms with Crippen molar-refractivity contribution in [3.63, 3.8) is 0 Å². The van der Waals surface area contributed by atoms with Crippen LogP contribution in [0, 0.1) is 6.92 Å². The van der Waals surface area contributed by atoms with Crippen molar-refractivity contribution in [3.05, 3.63) is 62.6 Å². The maximum atomic E-state index is 11.8. The third-order valence-electron chi connectivity index (χ3n) is 2.97. The fourth-order valence-electron chi connectivity index (χ4n) is 1.74. The topological polar surface area (TPSA) is 38.3 Å². The van der Waals surface area contributed by atoms with Gasteiger partial charge in [0.15, 0.2) is 6.61 Å². The van der Waals surface area contributed by atoms with Crippen molar-refractivity contribution in [1.82, 2.24) is 5.32 Å². The maximum Gasteiger partial charge on any atom is 0.258 e. The normalized spacial score (nSPS) is 10.4. The predicted molar refractivity (Wildman–Crippen MR) is 90.0 cm³/mol. The molecule has 1 amide bonds. The smallest absolute Gasteiger partial charge is 0.258 e. The van der Waals surface area contributed by atoms with Gasteiger partial charge in [-0.05, 0) is 42.3 Å². The molecular formula is C16H14Cl3NO2. The van der Waals surface area contributed by atoms with Crippen LogP contribution in [0.2, 0.25) is 15.1 Å². The highest BCUT2D eigenvalue weighted by atomic mass is 35.5. The summed E-state index contributed by atoms with van der Waals surface area (Å²) in [5.74, 6) is 0.198. The van der Waals surface area contributed by atoms with E-state index in [4.69, 9.17) is 39.5 Å². The molecule has 116 valence electrons. The second-order valence-electron chi connectivity index (χ2n) is 4.72. The van der Waals surface area contributed by atoms with E-state index >= 15 is 0 Å². The molecule has 0 aliphatic heterocycles. The number of amides is 1. The summed E-state index contributed by atoms with van der Waals surface area (Å²) in [6, 6.07) is 10.5. The molecule has 0 aliphatic carbocycles. The van der Waals surface area contributed by atoms with Crippen molar-refractivity contribution >= 4 is 40.7 Å². The predicted octanol–water partition coefficient (Wildman–Crippen LogP) is 4.65. The van der Waals surface area contributed by atoms with Crippen molar-refractivity contribution in [2.24, 2.45) is 0 Å². The van der Waals surface area contributed by atoms with E-state index in [1.165, 1.54) is 0 Å². The number of rotatable bonds is 5. The molecule has 1 N–H and O–H groups in total. The Kier molecular flexibility index (Phi) is 5.95. The molecule has 0 saturated heterocycles. The second-order valence-corrected chi connectivity index (χ2v) is 5.97. The van der Waals surface area contributed by atoms with E-state index in [1.807, 2.05) is 19.1 Å². The molecule has 22 heavy (non-hydrogen) atoms. The summed E-state index contributed by atoms with van der Waals surface area (Å²) in [5.41, 5.74) is 1.79. The number of carbonyl (C=O) groups is 1. The van der Waals surface area contributed by atoms with Gasteiger partial charge in [-0.3, -0.25) is 4.79 Å². The van der Waals surface area contributed by atoms with Gasteiger partial charge in [-0.1, -0.05) is 46.9 Å². The molecule has 6 heteroatoms. The molecule has 2 aromatic rings. The Labute approximate surface area is 144 Å². The van der Waals surface area contributed by atoms with Gasteiger partial charge in [0.25, 0.3) is 5.91 Å². The van der Waals surface area contributed by atoms with Gasteiger partial charge in [0.2, 0.25) is 0 Å². The first-order chi connectivity index (χ1) is 10.5. The highest BCUT2D eigenvalue weighted by molar-refractivity contribution is 6.36. The minimum absolute atomic E-state index is 0.117. The fourth-order valence-corrected chi connectivity index (χ4v) is 2.30. The quantitative estimate of drug-likeness (QED) is 0.845. The van der Waals surface area contributed by atoms with Crippen LogP contribution in [0.25, 0.3) is 0 Å². The number of hydrogen-bond acceptors (Lipinski definition) is 2. The van der Waals surface area contributed by atoms with Gasteiger partial charge in [-0.25, -0.2) is 0 Å². The maximum absolute atomic E-state index is 11.8. The van der Waals surface area contributed by atoms with E-state index in [2.05, 4.69) is 5.32 Å². The zero-order valence-corrected chi connectivity index (χ0v) is 14.1. The average Bonchev–Trinajstić information content (AvgIpc) is 2.49. The van der Waals surface area contributed by atoms with E-state index in [0.717, 1.165) is 11.1 Å². The summed E-state index contributed by atoms with van der Waals surface area (Å²) < 4.78 is 5.42. The summed E-state index contributed by atoms with van der Waals surface area (Å²) in [5, 5.41) is 4.35. The Balaban J connectivity index is 1.85. The van der Waals surface area contributed by atoms with Gasteiger partial charge in [0.1, 0.15) is 5.75 Å². The van der Waals surface area contributed by atoms with Crippen molar-refractivity contribution in [3.8, 4) is 5.75 Å². The van der Waals surface area contributed by atoms with Gasteiger partial charge < -0.3 is 10.1 Å². The highest BCUT2D eigenvalue weighted by Crippen LogP contribution is 2.30. The lowest BCUT2D eigenvalue weighted by Crippen LogP contribution is -2.28. The lowest BCUT2D eigenvalue weighted by Gasteiger charge is -2.10. The summed E-state index contributed by atoms with van der Waals surface area (Å²) in [6.45, 7) is 2.13. The van der Waals surface area contributed by atoms with Gasteiger partial charge in [-0.2, -0.15) is 0 Å². The molecule has 0 unspecified atom stereocenters. The van der Waals surface area contributed by atoms with Crippen LogP contribution in [0.15, 0.2) is 36.4 Å². The van der Waals surface area contributed by atoms with Crippen LogP contribution < -0.4 is 10.1 Å². The van der Waals surface area contributed by atoms with Gasteiger partial charge >= 0.3 is 0 Å². The Morgan fingerprint density at radius 3 is 2.45 bits per heavy atom. The van der Waals surface area contributed by atoms with Crippen molar-refractivity contribution in [1.29, 1.82) is 0 Å². The molecular weight excluding hydrogens is 345 g/mol. The molecule has 0 spiro atoms. The third kappa shape index (κ3) is 4.80. The second kappa shape index (κ2) is 7.73. The Morgan fingerprint density at radius 2 is 1.77 bits per heavy atom. The Bertz CT molecular complexity index is 672. The van der Waals surface area contributed by atoms with Crippen molar-refractivity contribution < 1.29 is 9.53 Å².